The first-order valence-corrected chi connectivity index (χ1v) is 10.9. The Bertz CT molecular complexity index is 1430. The Morgan fingerprint density at radius 1 is 1.06 bits per heavy atom. The monoisotopic (exact) mass is 477 g/mol. The number of carbonyl (C=O) groups excluding carboxylic acids is 2. The summed E-state index contributed by atoms with van der Waals surface area (Å²) in [6.45, 7) is 0.725. The lowest BCUT2D eigenvalue weighted by Crippen LogP contribution is -2.42. The van der Waals surface area contributed by atoms with E-state index in [4.69, 9.17) is 5.73 Å². The van der Waals surface area contributed by atoms with Crippen molar-refractivity contribution in [2.24, 2.45) is 5.73 Å². The van der Waals surface area contributed by atoms with E-state index in [2.05, 4.69) is 15.3 Å². The van der Waals surface area contributed by atoms with Crippen molar-refractivity contribution in [1.82, 2.24) is 19.9 Å². The summed E-state index contributed by atoms with van der Waals surface area (Å²) < 4.78 is 1.66. The van der Waals surface area contributed by atoms with Gasteiger partial charge in [-0.15, -0.1) is 12.4 Å². The molecular weight excluding hydrogens is 454 g/mol. The van der Waals surface area contributed by atoms with E-state index in [1.54, 1.807) is 35.3 Å². The minimum Gasteiger partial charge on any atom is -0.355 e. The maximum Gasteiger partial charge on any atom is 0.258 e. The smallest absolute Gasteiger partial charge is 0.258 e. The summed E-state index contributed by atoms with van der Waals surface area (Å²) in [4.78, 5) is 45.7. The quantitative estimate of drug-likeness (QED) is 0.311. The molecule has 2 aromatic carbocycles. The van der Waals surface area contributed by atoms with Crippen molar-refractivity contribution in [2.45, 2.75) is 25.4 Å². The maximum atomic E-state index is 13.4. The standard InChI is InChI=1S/C25H23N5O3.ClH/c26-20(12-15-13-27-14-29-15)24(32)28-10-5-11-30-22-17-7-2-3-8-18(17)23(31)21(22)16-6-1-4-9-19(16)25(30)33;/h1-4,6-9,13-14,20H,5,10-12,26H2,(H,27,29)(H,28,32);1H/t20-;/m0./s1. The molecule has 0 bridgehead atoms. The van der Waals surface area contributed by atoms with E-state index in [1.807, 2.05) is 30.3 Å². The summed E-state index contributed by atoms with van der Waals surface area (Å²) in [5.74, 6) is -0.329. The van der Waals surface area contributed by atoms with Crippen molar-refractivity contribution >= 4 is 34.9 Å². The first-order valence-electron chi connectivity index (χ1n) is 10.9. The van der Waals surface area contributed by atoms with Crippen LogP contribution in [0.1, 0.15) is 28.0 Å². The van der Waals surface area contributed by atoms with Crippen LogP contribution in [0.2, 0.25) is 0 Å². The number of H-pyrrole nitrogens is 1. The molecule has 1 amide bonds. The Morgan fingerprint density at radius 2 is 1.76 bits per heavy atom. The van der Waals surface area contributed by atoms with Crippen LogP contribution in [0.3, 0.4) is 0 Å². The van der Waals surface area contributed by atoms with Crippen molar-refractivity contribution in [2.75, 3.05) is 6.54 Å². The summed E-state index contributed by atoms with van der Waals surface area (Å²) in [6.07, 6.45) is 4.06. The van der Waals surface area contributed by atoms with Gasteiger partial charge in [0.25, 0.3) is 5.56 Å². The van der Waals surface area contributed by atoms with Gasteiger partial charge in [0, 0.05) is 53.3 Å². The third-order valence-electron chi connectivity index (χ3n) is 6.02. The molecule has 1 atom stereocenters. The first-order chi connectivity index (χ1) is 16.1. The van der Waals surface area contributed by atoms with E-state index in [0.717, 1.165) is 11.3 Å². The van der Waals surface area contributed by atoms with Crippen LogP contribution in [-0.2, 0) is 17.8 Å². The van der Waals surface area contributed by atoms with Gasteiger partial charge >= 0.3 is 0 Å². The van der Waals surface area contributed by atoms with Gasteiger partial charge in [-0.1, -0.05) is 42.5 Å². The van der Waals surface area contributed by atoms with Crippen molar-refractivity contribution in [3.05, 3.63) is 88.2 Å². The molecule has 0 aliphatic heterocycles. The molecule has 9 heteroatoms. The van der Waals surface area contributed by atoms with E-state index >= 15 is 0 Å². The van der Waals surface area contributed by atoms with Crippen LogP contribution in [0, 0.1) is 0 Å². The number of nitrogens with two attached hydrogens (primary N) is 1. The molecular formula is C25H24ClN5O3. The maximum absolute atomic E-state index is 13.4. The number of benzene rings is 2. The molecule has 5 rings (SSSR count). The van der Waals surface area contributed by atoms with Crippen LogP contribution >= 0.6 is 12.4 Å². The number of rotatable bonds is 7. The van der Waals surface area contributed by atoms with Gasteiger partial charge < -0.3 is 20.6 Å². The van der Waals surface area contributed by atoms with Gasteiger partial charge in [-0.05, 0) is 12.5 Å². The summed E-state index contributed by atoms with van der Waals surface area (Å²) >= 11 is 0. The van der Waals surface area contributed by atoms with Crippen LogP contribution in [0.15, 0.2) is 65.8 Å². The van der Waals surface area contributed by atoms with Crippen molar-refractivity contribution in [3.63, 3.8) is 0 Å². The minimum atomic E-state index is -0.692. The van der Waals surface area contributed by atoms with Gasteiger partial charge in [0.15, 0.2) is 5.78 Å². The second-order valence-corrected chi connectivity index (χ2v) is 8.13. The lowest BCUT2D eigenvalue weighted by atomic mass is 10.0. The first kappa shape index (κ1) is 23.4. The third-order valence-corrected chi connectivity index (χ3v) is 6.02. The number of aromatic nitrogens is 3. The number of aromatic amines is 1. The zero-order chi connectivity index (χ0) is 22.9. The Morgan fingerprint density at radius 3 is 2.50 bits per heavy atom. The average molecular weight is 478 g/mol. The fourth-order valence-electron chi connectivity index (χ4n) is 4.45. The van der Waals surface area contributed by atoms with Gasteiger partial charge in [-0.3, -0.25) is 14.4 Å². The van der Waals surface area contributed by atoms with E-state index in [-0.39, 0.29) is 29.7 Å². The number of fused-ring (bicyclic) bond motifs is 5. The highest BCUT2D eigenvalue weighted by molar-refractivity contribution is 6.26. The third kappa shape index (κ3) is 4.02. The number of imidazole rings is 1. The number of hydrogen-bond acceptors (Lipinski definition) is 5. The molecule has 0 unspecified atom stereocenters. The molecule has 2 aromatic heterocycles. The number of halogens is 1. The molecule has 0 saturated heterocycles. The van der Waals surface area contributed by atoms with Crippen molar-refractivity contribution < 1.29 is 9.59 Å². The molecule has 0 radical (unpaired) electrons. The van der Waals surface area contributed by atoms with Crippen LogP contribution in [0.5, 0.6) is 0 Å². The SMILES string of the molecule is Cl.N[C@@H](Cc1cnc[nH]1)C(=O)NCCCn1c2c(c3ccccc3c1=O)C(=O)c1ccccc1-2. The van der Waals surface area contributed by atoms with Gasteiger partial charge in [-0.25, -0.2) is 4.98 Å². The number of carbonyl (C=O) groups is 2. The number of ketones is 1. The highest BCUT2D eigenvalue weighted by Gasteiger charge is 2.32. The molecule has 1 aliphatic rings. The molecule has 34 heavy (non-hydrogen) atoms. The summed E-state index contributed by atoms with van der Waals surface area (Å²) in [5.41, 5.74) is 9.22. The van der Waals surface area contributed by atoms with Gasteiger partial charge in [0.05, 0.1) is 23.6 Å². The number of nitrogens with zero attached hydrogens (tertiary/aromatic N) is 2. The highest BCUT2D eigenvalue weighted by Crippen LogP contribution is 2.39. The molecule has 2 heterocycles. The fraction of sp³-hybridized carbons (Fsp3) is 0.200. The van der Waals surface area contributed by atoms with E-state index in [0.29, 0.717) is 53.5 Å². The van der Waals surface area contributed by atoms with E-state index < -0.39 is 6.04 Å². The number of nitrogens with one attached hydrogen (secondary N) is 2. The molecule has 0 spiro atoms. The van der Waals surface area contributed by atoms with Crippen molar-refractivity contribution in [3.8, 4) is 11.3 Å². The number of pyridine rings is 1. The molecule has 0 fully saturated rings. The lowest BCUT2D eigenvalue weighted by Gasteiger charge is -2.16. The molecule has 0 saturated carbocycles. The summed E-state index contributed by atoms with van der Waals surface area (Å²) in [6, 6.07) is 13.9. The molecule has 4 aromatic rings. The predicted octanol–water partition coefficient (Wildman–Crippen LogP) is 2.43. The fourth-order valence-corrected chi connectivity index (χ4v) is 4.45. The van der Waals surface area contributed by atoms with Gasteiger partial charge in [-0.2, -0.15) is 0 Å². The summed E-state index contributed by atoms with van der Waals surface area (Å²) in [7, 11) is 0. The Balaban J connectivity index is 0.00000274. The van der Waals surface area contributed by atoms with Gasteiger partial charge in [0.2, 0.25) is 5.91 Å². The van der Waals surface area contributed by atoms with Crippen LogP contribution in [0.4, 0.5) is 0 Å². The van der Waals surface area contributed by atoms with E-state index in [9.17, 15) is 14.4 Å². The Kier molecular flexibility index (Phi) is 6.63. The molecule has 4 N–H and O–H groups in total. The normalized spacial score (nSPS) is 12.7. The zero-order valence-corrected chi connectivity index (χ0v) is 19.1. The second kappa shape index (κ2) is 9.62. The zero-order valence-electron chi connectivity index (χ0n) is 18.3. The summed E-state index contributed by atoms with van der Waals surface area (Å²) in [5, 5.41) is 4.03. The second-order valence-electron chi connectivity index (χ2n) is 8.13. The van der Waals surface area contributed by atoms with Crippen LogP contribution in [-0.4, -0.2) is 38.8 Å². The van der Waals surface area contributed by atoms with E-state index in [1.165, 1.54) is 0 Å². The topological polar surface area (TPSA) is 123 Å². The predicted molar refractivity (Wildman–Crippen MR) is 132 cm³/mol. The van der Waals surface area contributed by atoms with Crippen LogP contribution < -0.4 is 16.6 Å². The van der Waals surface area contributed by atoms with Gasteiger partial charge in [0.1, 0.15) is 0 Å². The Labute approximate surface area is 201 Å². The number of amides is 1. The molecule has 8 nitrogen and oxygen atoms in total. The van der Waals surface area contributed by atoms with Crippen molar-refractivity contribution in [1.29, 1.82) is 0 Å². The van der Waals surface area contributed by atoms with Crippen LogP contribution in [0.25, 0.3) is 22.0 Å². The average Bonchev–Trinajstić information content (AvgIpc) is 3.45. The molecule has 1 aliphatic carbocycles. The highest BCUT2D eigenvalue weighted by atomic mass is 35.5. The Hall–Kier alpha value is -3.75. The largest absolute Gasteiger partial charge is 0.355 e. The molecule has 174 valence electrons. The lowest BCUT2D eigenvalue weighted by molar-refractivity contribution is -0.122. The number of hydrogen-bond donors (Lipinski definition) is 3. The minimum absolute atomic E-state index is 0.